The van der Waals surface area contributed by atoms with E-state index in [4.69, 9.17) is 9.47 Å². The first-order chi connectivity index (χ1) is 12.5. The fraction of sp³-hybridized carbons (Fsp3) is 0.316. The molecule has 26 heavy (non-hydrogen) atoms. The smallest absolute Gasteiger partial charge is 0.254 e. The third kappa shape index (κ3) is 3.71. The number of halogens is 2. The molecule has 0 N–H and O–H groups in total. The summed E-state index contributed by atoms with van der Waals surface area (Å²) in [7, 11) is 3.05. The maximum absolute atomic E-state index is 13.9. The number of amides is 1. The molecule has 1 fully saturated rings. The van der Waals surface area contributed by atoms with Gasteiger partial charge < -0.3 is 19.3 Å². The number of hydrogen-bond donors (Lipinski definition) is 0. The second-order valence-corrected chi connectivity index (χ2v) is 5.98. The summed E-state index contributed by atoms with van der Waals surface area (Å²) in [4.78, 5) is 16.3. The lowest BCUT2D eigenvalue weighted by Gasteiger charge is -2.36. The molecule has 0 aliphatic carbocycles. The minimum atomic E-state index is -0.605. The standard InChI is InChI=1S/C19H20F2N2O3/c1-25-15-9-13(10-16(12-15)26-2)19(24)23-7-5-22(6-8-23)18-4-3-14(20)11-17(18)21/h3-4,9-12H,5-8H2,1-2H3. The zero-order valence-electron chi connectivity index (χ0n) is 14.7. The van der Waals surface area contributed by atoms with Gasteiger partial charge in [0.2, 0.25) is 0 Å². The number of piperazine rings is 1. The summed E-state index contributed by atoms with van der Waals surface area (Å²) in [5, 5.41) is 0. The summed E-state index contributed by atoms with van der Waals surface area (Å²) in [6.45, 7) is 1.81. The van der Waals surface area contributed by atoms with Crippen molar-refractivity contribution in [3.8, 4) is 11.5 Å². The Morgan fingerprint density at radius 3 is 2.08 bits per heavy atom. The van der Waals surface area contributed by atoms with E-state index in [9.17, 15) is 13.6 Å². The predicted octanol–water partition coefficient (Wildman–Crippen LogP) is 2.94. The molecular formula is C19H20F2N2O3. The van der Waals surface area contributed by atoms with Crippen LogP contribution < -0.4 is 14.4 Å². The van der Waals surface area contributed by atoms with Gasteiger partial charge in [-0.15, -0.1) is 0 Å². The van der Waals surface area contributed by atoms with E-state index in [0.717, 1.165) is 6.07 Å². The van der Waals surface area contributed by atoms with Crippen molar-refractivity contribution in [3.05, 3.63) is 53.6 Å². The normalized spacial score (nSPS) is 14.3. The predicted molar refractivity (Wildman–Crippen MR) is 94.0 cm³/mol. The first-order valence-corrected chi connectivity index (χ1v) is 8.24. The van der Waals surface area contributed by atoms with Gasteiger partial charge in [-0.2, -0.15) is 0 Å². The van der Waals surface area contributed by atoms with E-state index in [1.165, 1.54) is 26.4 Å². The SMILES string of the molecule is COc1cc(OC)cc(C(=O)N2CCN(c3ccc(F)cc3F)CC2)c1. The molecule has 0 atom stereocenters. The van der Waals surface area contributed by atoms with Crippen LogP contribution in [-0.2, 0) is 0 Å². The van der Waals surface area contributed by atoms with E-state index in [1.807, 2.05) is 4.90 Å². The topological polar surface area (TPSA) is 42.0 Å². The van der Waals surface area contributed by atoms with Crippen molar-refractivity contribution in [2.24, 2.45) is 0 Å². The molecule has 1 aliphatic heterocycles. The molecule has 0 saturated carbocycles. The number of hydrogen-bond acceptors (Lipinski definition) is 4. The molecule has 7 heteroatoms. The largest absolute Gasteiger partial charge is 0.497 e. The van der Waals surface area contributed by atoms with Gasteiger partial charge in [0.1, 0.15) is 23.1 Å². The second kappa shape index (κ2) is 7.59. The molecule has 1 amide bonds. The fourth-order valence-corrected chi connectivity index (χ4v) is 3.00. The van der Waals surface area contributed by atoms with Crippen LogP contribution in [0.5, 0.6) is 11.5 Å². The number of rotatable bonds is 4. The summed E-state index contributed by atoms with van der Waals surface area (Å²) < 4.78 is 37.4. The molecule has 0 radical (unpaired) electrons. The van der Waals surface area contributed by atoms with Gasteiger partial charge in [0.15, 0.2) is 0 Å². The average molecular weight is 362 g/mol. The van der Waals surface area contributed by atoms with Gasteiger partial charge >= 0.3 is 0 Å². The average Bonchev–Trinajstić information content (AvgIpc) is 2.67. The Labute approximate surface area is 150 Å². The number of methoxy groups -OCH3 is 2. The Balaban J connectivity index is 1.70. The monoisotopic (exact) mass is 362 g/mol. The summed E-state index contributed by atoms with van der Waals surface area (Å²) >= 11 is 0. The Hall–Kier alpha value is -2.83. The van der Waals surface area contributed by atoms with E-state index in [1.54, 1.807) is 23.1 Å². The quantitative estimate of drug-likeness (QED) is 0.839. The fourth-order valence-electron chi connectivity index (χ4n) is 3.00. The number of benzene rings is 2. The van der Waals surface area contributed by atoms with Crippen LogP contribution in [0.15, 0.2) is 36.4 Å². The Kier molecular flexibility index (Phi) is 5.25. The molecule has 2 aromatic carbocycles. The minimum Gasteiger partial charge on any atom is -0.497 e. The first-order valence-electron chi connectivity index (χ1n) is 8.24. The number of anilines is 1. The van der Waals surface area contributed by atoms with Gasteiger partial charge in [0.25, 0.3) is 5.91 Å². The van der Waals surface area contributed by atoms with Crippen molar-refractivity contribution < 1.29 is 23.0 Å². The van der Waals surface area contributed by atoms with Crippen LogP contribution in [0, 0.1) is 11.6 Å². The van der Waals surface area contributed by atoms with Gasteiger partial charge in [-0.3, -0.25) is 4.79 Å². The summed E-state index contributed by atoms with van der Waals surface area (Å²) in [6.07, 6.45) is 0. The highest BCUT2D eigenvalue weighted by molar-refractivity contribution is 5.95. The lowest BCUT2D eigenvalue weighted by atomic mass is 10.1. The lowest BCUT2D eigenvalue weighted by Crippen LogP contribution is -2.49. The van der Waals surface area contributed by atoms with E-state index in [2.05, 4.69) is 0 Å². The third-order valence-corrected chi connectivity index (χ3v) is 4.42. The Morgan fingerprint density at radius 1 is 0.923 bits per heavy atom. The molecule has 1 heterocycles. The number of ether oxygens (including phenoxy) is 2. The number of nitrogens with zero attached hydrogens (tertiary/aromatic N) is 2. The maximum Gasteiger partial charge on any atom is 0.254 e. The third-order valence-electron chi connectivity index (χ3n) is 4.42. The van der Waals surface area contributed by atoms with Crippen LogP contribution in [0.25, 0.3) is 0 Å². The zero-order chi connectivity index (χ0) is 18.7. The first kappa shape index (κ1) is 18.0. The van der Waals surface area contributed by atoms with Crippen molar-refractivity contribution in [2.45, 2.75) is 0 Å². The van der Waals surface area contributed by atoms with Gasteiger partial charge in [-0.05, 0) is 24.3 Å². The zero-order valence-corrected chi connectivity index (χ0v) is 14.7. The van der Waals surface area contributed by atoms with Gasteiger partial charge in [-0.25, -0.2) is 8.78 Å². The van der Waals surface area contributed by atoms with Crippen molar-refractivity contribution in [3.63, 3.8) is 0 Å². The lowest BCUT2D eigenvalue weighted by molar-refractivity contribution is 0.0746. The summed E-state index contributed by atoms with van der Waals surface area (Å²) in [5.74, 6) is -0.254. The molecule has 5 nitrogen and oxygen atoms in total. The molecule has 138 valence electrons. The molecule has 1 aliphatic rings. The number of carbonyl (C=O) groups is 1. The minimum absolute atomic E-state index is 0.138. The molecule has 1 saturated heterocycles. The van der Waals surface area contributed by atoms with Crippen LogP contribution in [0.2, 0.25) is 0 Å². The van der Waals surface area contributed by atoms with Gasteiger partial charge in [0, 0.05) is 43.9 Å². The Morgan fingerprint density at radius 2 is 1.54 bits per heavy atom. The van der Waals surface area contributed by atoms with Gasteiger partial charge in [-0.1, -0.05) is 0 Å². The van der Waals surface area contributed by atoms with E-state index in [0.29, 0.717) is 48.9 Å². The summed E-state index contributed by atoms with van der Waals surface area (Å²) in [5.41, 5.74) is 0.823. The molecule has 0 bridgehead atoms. The molecular weight excluding hydrogens is 342 g/mol. The highest BCUT2D eigenvalue weighted by Crippen LogP contribution is 2.25. The van der Waals surface area contributed by atoms with Crippen LogP contribution in [-0.4, -0.2) is 51.2 Å². The van der Waals surface area contributed by atoms with Crippen LogP contribution >= 0.6 is 0 Å². The van der Waals surface area contributed by atoms with Crippen LogP contribution in [0.3, 0.4) is 0 Å². The molecule has 3 rings (SSSR count). The van der Waals surface area contributed by atoms with Crippen molar-refractivity contribution in [2.75, 3.05) is 45.3 Å². The van der Waals surface area contributed by atoms with Gasteiger partial charge in [0.05, 0.1) is 19.9 Å². The van der Waals surface area contributed by atoms with E-state index < -0.39 is 11.6 Å². The van der Waals surface area contributed by atoms with E-state index in [-0.39, 0.29) is 5.91 Å². The second-order valence-electron chi connectivity index (χ2n) is 5.98. The molecule has 0 aromatic heterocycles. The molecule has 0 spiro atoms. The highest BCUT2D eigenvalue weighted by atomic mass is 19.1. The van der Waals surface area contributed by atoms with E-state index >= 15 is 0 Å². The number of carbonyl (C=O) groups excluding carboxylic acids is 1. The summed E-state index contributed by atoms with van der Waals surface area (Å²) in [6, 6.07) is 8.56. The maximum atomic E-state index is 13.9. The highest BCUT2D eigenvalue weighted by Gasteiger charge is 2.24. The van der Waals surface area contributed by atoms with Crippen LogP contribution in [0.1, 0.15) is 10.4 Å². The Bertz CT molecular complexity index is 783. The van der Waals surface area contributed by atoms with Crippen molar-refractivity contribution >= 4 is 11.6 Å². The van der Waals surface area contributed by atoms with Crippen molar-refractivity contribution in [1.29, 1.82) is 0 Å². The van der Waals surface area contributed by atoms with Crippen LogP contribution in [0.4, 0.5) is 14.5 Å². The molecule has 2 aromatic rings. The van der Waals surface area contributed by atoms with Crippen molar-refractivity contribution in [1.82, 2.24) is 4.90 Å². The molecule has 0 unspecified atom stereocenters.